The van der Waals surface area contributed by atoms with Gasteiger partial charge in [-0.05, 0) is 67.5 Å². The Balaban J connectivity index is 0.00000323. The van der Waals surface area contributed by atoms with Crippen LogP contribution in [0.25, 0.3) is 0 Å². The van der Waals surface area contributed by atoms with Crippen LogP contribution in [0.5, 0.6) is 23.0 Å². The van der Waals surface area contributed by atoms with Crippen LogP contribution in [-0.4, -0.2) is 101 Å². The maximum absolute atomic E-state index is 13.3. The van der Waals surface area contributed by atoms with E-state index in [0.717, 1.165) is 78.9 Å². The van der Waals surface area contributed by atoms with E-state index in [4.69, 9.17) is 18.9 Å². The first-order valence-electron chi connectivity index (χ1n) is 15.1. The first kappa shape index (κ1) is 37.0. The summed E-state index contributed by atoms with van der Waals surface area (Å²) >= 11 is 0. The van der Waals surface area contributed by atoms with Gasteiger partial charge in [0.15, 0.2) is 23.0 Å². The van der Waals surface area contributed by atoms with Gasteiger partial charge in [-0.2, -0.15) is 0 Å². The molecule has 0 spiro atoms. The number of Topliss-reactive ketones (excluding diaryl/α,β-unsaturated/α-hetero) is 2. The highest BCUT2D eigenvalue weighted by Gasteiger charge is 2.27. The number of hydrogen-bond acceptors (Lipinski definition) is 6. The molecule has 2 aromatic rings. The van der Waals surface area contributed by atoms with Gasteiger partial charge in [-0.25, -0.2) is 0 Å². The Hall–Kier alpha value is -2.14. The summed E-state index contributed by atoms with van der Waals surface area (Å²) in [7, 11) is 8.50. The van der Waals surface area contributed by atoms with Gasteiger partial charge in [0, 0.05) is 11.1 Å². The molecular weight excluding hydrogens is 680 g/mol. The molecule has 0 amide bonds. The molecule has 0 fully saturated rings. The molecule has 0 aliphatic carbocycles. The number of carbonyl (C=O) groups excluding carboxylic acids is 2. The third-order valence-electron chi connectivity index (χ3n) is 8.07. The third-order valence-corrected chi connectivity index (χ3v) is 8.07. The summed E-state index contributed by atoms with van der Waals surface area (Å²) in [5.74, 6) is 3.09. The van der Waals surface area contributed by atoms with Crippen LogP contribution in [0, 0.1) is 0 Å². The highest BCUT2D eigenvalue weighted by molar-refractivity contribution is 5.99. The van der Waals surface area contributed by atoms with Crippen LogP contribution in [0.3, 0.4) is 0 Å². The van der Waals surface area contributed by atoms with Crippen LogP contribution < -0.4 is 52.9 Å². The summed E-state index contributed by atoms with van der Waals surface area (Å²) in [5, 5.41) is 0. The van der Waals surface area contributed by atoms with Crippen LogP contribution in [0.15, 0.2) is 24.3 Å². The fourth-order valence-corrected chi connectivity index (χ4v) is 5.73. The van der Waals surface area contributed by atoms with Crippen molar-refractivity contribution >= 4 is 11.6 Å². The topological polar surface area (TPSA) is 71.1 Å². The molecule has 0 saturated carbocycles. The third kappa shape index (κ3) is 9.93. The predicted molar refractivity (Wildman–Crippen MR) is 160 cm³/mol. The molecule has 240 valence electrons. The molecule has 0 N–H and O–H groups in total. The Morgan fingerprint density at radius 1 is 0.581 bits per heavy atom. The van der Waals surface area contributed by atoms with Gasteiger partial charge in [-0.15, -0.1) is 0 Å². The van der Waals surface area contributed by atoms with Crippen molar-refractivity contribution in [2.45, 2.75) is 46.0 Å². The van der Waals surface area contributed by atoms with Gasteiger partial charge in [0.2, 0.25) is 11.6 Å². The maximum atomic E-state index is 13.3. The first-order valence-corrected chi connectivity index (χ1v) is 15.1. The van der Waals surface area contributed by atoms with Crippen molar-refractivity contribution in [3.63, 3.8) is 0 Å². The monoisotopic (exact) mass is 726 g/mol. The summed E-state index contributed by atoms with van der Waals surface area (Å²) in [4.78, 5) is 26.7. The predicted octanol–water partition coefficient (Wildman–Crippen LogP) is -1.25. The van der Waals surface area contributed by atoms with Gasteiger partial charge in [-0.1, -0.05) is 13.8 Å². The number of hydrogen-bond donors (Lipinski definition) is 0. The van der Waals surface area contributed by atoms with Crippen molar-refractivity contribution in [2.75, 3.05) is 80.8 Å². The highest BCUT2D eigenvalue weighted by atomic mass is 79.9. The zero-order valence-electron chi connectivity index (χ0n) is 26.6. The van der Waals surface area contributed by atoms with E-state index in [2.05, 4.69) is 42.0 Å². The molecule has 0 saturated heterocycles. The summed E-state index contributed by atoms with van der Waals surface area (Å²) in [6.45, 7) is 8.95. The maximum Gasteiger partial charge on any atom is 0.217 e. The van der Waals surface area contributed by atoms with Crippen LogP contribution >= 0.6 is 0 Å². The first-order chi connectivity index (χ1) is 19.5. The average molecular weight is 729 g/mol. The Bertz CT molecular complexity index is 1170. The second-order valence-corrected chi connectivity index (χ2v) is 12.6. The standard InChI is InChI=1S/C33H48N2O6.2BrH/c1-7-24-18-30-32(40-16-14-38-30)20-26(24)28(36)22-34(3,4)12-10-9-11-13-35(5,6)23-29(37)27-21-33-31(19-25(27)8-2)39-15-17-41-33;;/h18-21H,7-17,22-23H2,1-6H3;2*1H/q+2;;/p-2. The van der Waals surface area contributed by atoms with E-state index >= 15 is 0 Å². The minimum Gasteiger partial charge on any atom is -1.00 e. The number of likely N-dealkylation sites (N-methyl/N-ethyl adjacent to an activating group) is 2. The van der Waals surface area contributed by atoms with E-state index in [1.165, 1.54) is 0 Å². The van der Waals surface area contributed by atoms with E-state index in [9.17, 15) is 9.59 Å². The SMILES string of the molecule is CCc1cc2c(cc1C(=O)C[N+](C)(C)CCCCC[N+](C)(C)CC(=O)c1cc3c(cc1CC)OCCO3)OCCO2.[Br-].[Br-]. The number of carbonyl (C=O) groups is 2. The molecule has 43 heavy (non-hydrogen) atoms. The Morgan fingerprint density at radius 3 is 1.23 bits per heavy atom. The number of nitrogens with zero attached hydrogens (tertiary/aromatic N) is 2. The molecule has 2 aromatic carbocycles. The van der Waals surface area contributed by atoms with E-state index < -0.39 is 0 Å². The lowest BCUT2D eigenvalue weighted by molar-refractivity contribution is -0.884. The van der Waals surface area contributed by atoms with Gasteiger partial charge < -0.3 is 61.9 Å². The second kappa shape index (κ2) is 16.3. The van der Waals surface area contributed by atoms with E-state index in [1.807, 2.05) is 24.3 Å². The summed E-state index contributed by atoms with van der Waals surface area (Å²) in [5.41, 5.74) is 3.51. The summed E-state index contributed by atoms with van der Waals surface area (Å²) in [6.07, 6.45) is 4.66. The normalized spacial score (nSPS) is 13.9. The van der Waals surface area contributed by atoms with Crippen LogP contribution in [0.1, 0.15) is 65.0 Å². The Kier molecular flexibility index (Phi) is 14.0. The number of benzene rings is 2. The number of fused-ring (bicyclic) bond motifs is 2. The minimum atomic E-state index is 0. The van der Waals surface area contributed by atoms with Crippen LogP contribution in [0.2, 0.25) is 0 Å². The Morgan fingerprint density at radius 2 is 0.907 bits per heavy atom. The largest absolute Gasteiger partial charge is 1.00 e. The van der Waals surface area contributed by atoms with Crippen molar-refractivity contribution < 1.29 is 71.5 Å². The molecule has 10 heteroatoms. The molecule has 2 aliphatic heterocycles. The van der Waals surface area contributed by atoms with Crippen molar-refractivity contribution in [3.05, 3.63) is 46.5 Å². The number of aryl methyl sites for hydroxylation is 2. The van der Waals surface area contributed by atoms with Gasteiger partial charge in [0.05, 0.1) is 41.3 Å². The number of ketones is 2. The van der Waals surface area contributed by atoms with Gasteiger partial charge in [0.1, 0.15) is 39.5 Å². The lowest BCUT2D eigenvalue weighted by atomic mass is 9.99. The molecule has 0 unspecified atom stereocenters. The smallest absolute Gasteiger partial charge is 0.217 e. The van der Waals surface area contributed by atoms with Crippen LogP contribution in [0.4, 0.5) is 0 Å². The zero-order chi connectivity index (χ0) is 29.6. The molecule has 8 nitrogen and oxygen atoms in total. The van der Waals surface area contributed by atoms with Crippen LogP contribution in [-0.2, 0) is 12.8 Å². The number of quaternary nitrogens is 2. The molecule has 2 heterocycles. The molecule has 2 aliphatic rings. The molecule has 4 rings (SSSR count). The van der Waals surface area contributed by atoms with Gasteiger partial charge >= 0.3 is 0 Å². The lowest BCUT2D eigenvalue weighted by Crippen LogP contribution is -3.00. The quantitative estimate of drug-likeness (QED) is 0.138. The molecular formula is C33H48Br2N2O6. The molecule has 0 atom stereocenters. The van der Waals surface area contributed by atoms with Crippen molar-refractivity contribution in [2.24, 2.45) is 0 Å². The van der Waals surface area contributed by atoms with Crippen molar-refractivity contribution in [1.82, 2.24) is 0 Å². The Labute approximate surface area is 278 Å². The number of unbranched alkanes of at least 4 members (excludes halogenated alkanes) is 2. The molecule has 0 radical (unpaired) electrons. The lowest BCUT2D eigenvalue weighted by Gasteiger charge is -2.31. The van der Waals surface area contributed by atoms with Gasteiger partial charge in [-0.3, -0.25) is 9.59 Å². The number of ether oxygens (including phenoxy) is 4. The molecule has 0 bridgehead atoms. The summed E-state index contributed by atoms with van der Waals surface area (Å²) in [6, 6.07) is 7.66. The average Bonchev–Trinajstić information content (AvgIpc) is 2.94. The number of rotatable bonds is 14. The fraction of sp³-hybridized carbons (Fsp3) is 0.576. The number of halogens is 2. The van der Waals surface area contributed by atoms with E-state index in [-0.39, 0.29) is 45.5 Å². The van der Waals surface area contributed by atoms with Crippen molar-refractivity contribution in [3.8, 4) is 23.0 Å². The fourth-order valence-electron chi connectivity index (χ4n) is 5.73. The summed E-state index contributed by atoms with van der Waals surface area (Å²) < 4.78 is 24.1. The van der Waals surface area contributed by atoms with Crippen molar-refractivity contribution in [1.29, 1.82) is 0 Å². The molecule has 0 aromatic heterocycles. The zero-order valence-corrected chi connectivity index (χ0v) is 29.8. The van der Waals surface area contributed by atoms with E-state index in [1.54, 1.807) is 0 Å². The minimum absolute atomic E-state index is 0. The van der Waals surface area contributed by atoms with E-state index in [0.29, 0.717) is 60.0 Å². The van der Waals surface area contributed by atoms with Gasteiger partial charge in [0.25, 0.3) is 0 Å². The second-order valence-electron chi connectivity index (χ2n) is 12.6. The highest BCUT2D eigenvalue weighted by Crippen LogP contribution is 2.35.